The highest BCUT2D eigenvalue weighted by molar-refractivity contribution is 5.73. The zero-order valence-corrected chi connectivity index (χ0v) is 16.4. The van der Waals surface area contributed by atoms with E-state index in [1.54, 1.807) is 0 Å². The van der Waals surface area contributed by atoms with E-state index in [4.69, 9.17) is 0 Å². The van der Waals surface area contributed by atoms with Crippen LogP contribution in [0.5, 0.6) is 0 Å². The van der Waals surface area contributed by atoms with E-state index >= 15 is 0 Å². The molecule has 0 bridgehead atoms. The number of fused-ring (bicyclic) bond motifs is 1. The van der Waals surface area contributed by atoms with Gasteiger partial charge in [0, 0.05) is 13.1 Å². The van der Waals surface area contributed by atoms with Crippen molar-refractivity contribution in [3.05, 3.63) is 96.1 Å². The molecule has 0 aliphatic carbocycles. The van der Waals surface area contributed by atoms with E-state index in [0.29, 0.717) is 5.92 Å². The molecule has 0 saturated heterocycles. The predicted octanol–water partition coefficient (Wildman–Crippen LogP) is 5.29. The molecular formula is C24H26N4. The SMILES string of the molecule is CC(C)C(N(Cc1ccccc1)Cc1ccccc1)n1nnc2ccccc21. The maximum Gasteiger partial charge on any atom is 0.113 e. The van der Waals surface area contributed by atoms with E-state index in [2.05, 4.69) is 107 Å². The number of nitrogens with zero attached hydrogens (tertiary/aromatic N) is 4. The third kappa shape index (κ3) is 3.97. The molecule has 0 N–H and O–H groups in total. The van der Waals surface area contributed by atoms with E-state index in [0.717, 1.165) is 24.1 Å². The summed E-state index contributed by atoms with van der Waals surface area (Å²) in [5.41, 5.74) is 4.61. The van der Waals surface area contributed by atoms with Gasteiger partial charge in [-0.1, -0.05) is 91.9 Å². The molecule has 1 heterocycles. The Kier molecular flexibility index (Phi) is 5.49. The van der Waals surface area contributed by atoms with Crippen LogP contribution in [0.2, 0.25) is 0 Å². The summed E-state index contributed by atoms with van der Waals surface area (Å²) in [5.74, 6) is 0.373. The standard InChI is InChI=1S/C24H26N4/c1-19(2)24(28-23-16-10-9-15-22(23)25-26-28)27(17-20-11-5-3-6-12-20)18-21-13-7-4-8-14-21/h3-16,19,24H,17-18H2,1-2H3. The number of aromatic nitrogens is 3. The molecule has 0 aliphatic heterocycles. The molecule has 28 heavy (non-hydrogen) atoms. The van der Waals surface area contributed by atoms with Crippen molar-refractivity contribution >= 4 is 11.0 Å². The second-order valence-corrected chi connectivity index (χ2v) is 7.56. The Morgan fingerprint density at radius 3 is 1.86 bits per heavy atom. The molecular weight excluding hydrogens is 344 g/mol. The maximum atomic E-state index is 4.55. The largest absolute Gasteiger partial charge is 0.273 e. The van der Waals surface area contributed by atoms with Gasteiger partial charge in [-0.2, -0.15) is 0 Å². The highest BCUT2D eigenvalue weighted by Crippen LogP contribution is 2.29. The second-order valence-electron chi connectivity index (χ2n) is 7.56. The van der Waals surface area contributed by atoms with Crippen LogP contribution in [-0.4, -0.2) is 19.9 Å². The van der Waals surface area contributed by atoms with Gasteiger partial charge in [0.25, 0.3) is 0 Å². The Morgan fingerprint density at radius 2 is 1.29 bits per heavy atom. The van der Waals surface area contributed by atoms with Gasteiger partial charge < -0.3 is 0 Å². The topological polar surface area (TPSA) is 34.0 Å². The lowest BCUT2D eigenvalue weighted by Gasteiger charge is -2.34. The molecule has 0 saturated carbocycles. The lowest BCUT2D eigenvalue weighted by molar-refractivity contribution is 0.0720. The van der Waals surface area contributed by atoms with Crippen molar-refractivity contribution in [2.75, 3.05) is 0 Å². The van der Waals surface area contributed by atoms with Gasteiger partial charge in [-0.3, -0.25) is 4.90 Å². The molecule has 1 atom stereocenters. The average Bonchev–Trinajstić information content (AvgIpc) is 3.13. The first-order valence-corrected chi connectivity index (χ1v) is 9.84. The molecule has 0 amide bonds. The molecule has 0 spiro atoms. The lowest BCUT2D eigenvalue weighted by atomic mass is 10.1. The zero-order chi connectivity index (χ0) is 19.3. The molecule has 3 aromatic carbocycles. The molecule has 0 aliphatic rings. The normalized spacial score (nSPS) is 12.7. The molecule has 0 radical (unpaired) electrons. The van der Waals surface area contributed by atoms with Gasteiger partial charge in [0.05, 0.1) is 5.52 Å². The van der Waals surface area contributed by atoms with Crippen molar-refractivity contribution in [1.82, 2.24) is 19.9 Å². The molecule has 4 aromatic rings. The van der Waals surface area contributed by atoms with Crippen LogP contribution in [0, 0.1) is 5.92 Å². The molecule has 1 aromatic heterocycles. The number of hydrogen-bond donors (Lipinski definition) is 0. The predicted molar refractivity (Wildman–Crippen MR) is 114 cm³/mol. The lowest BCUT2D eigenvalue weighted by Crippen LogP contribution is -2.36. The van der Waals surface area contributed by atoms with E-state index in [1.165, 1.54) is 11.1 Å². The van der Waals surface area contributed by atoms with Crippen LogP contribution >= 0.6 is 0 Å². The van der Waals surface area contributed by atoms with Crippen molar-refractivity contribution in [1.29, 1.82) is 0 Å². The minimum absolute atomic E-state index is 0.104. The van der Waals surface area contributed by atoms with Gasteiger partial charge in [-0.15, -0.1) is 5.10 Å². The van der Waals surface area contributed by atoms with E-state index < -0.39 is 0 Å². The van der Waals surface area contributed by atoms with Crippen LogP contribution in [0.15, 0.2) is 84.9 Å². The Hall–Kier alpha value is -2.98. The third-order valence-electron chi connectivity index (χ3n) is 5.06. The average molecular weight is 371 g/mol. The number of benzene rings is 3. The Labute approximate surface area is 166 Å². The summed E-state index contributed by atoms with van der Waals surface area (Å²) in [4.78, 5) is 2.50. The third-order valence-corrected chi connectivity index (χ3v) is 5.06. The van der Waals surface area contributed by atoms with Crippen molar-refractivity contribution in [3.8, 4) is 0 Å². The highest BCUT2D eigenvalue weighted by Gasteiger charge is 2.26. The van der Waals surface area contributed by atoms with Gasteiger partial charge in [0.1, 0.15) is 11.7 Å². The minimum atomic E-state index is 0.104. The first-order valence-electron chi connectivity index (χ1n) is 9.84. The van der Waals surface area contributed by atoms with Gasteiger partial charge in [0.15, 0.2) is 0 Å². The fourth-order valence-electron chi connectivity index (χ4n) is 3.82. The zero-order valence-electron chi connectivity index (χ0n) is 16.4. The number of hydrogen-bond acceptors (Lipinski definition) is 3. The monoisotopic (exact) mass is 370 g/mol. The van der Waals surface area contributed by atoms with Gasteiger partial charge in [0.2, 0.25) is 0 Å². The maximum absolute atomic E-state index is 4.55. The Balaban J connectivity index is 1.75. The summed E-state index contributed by atoms with van der Waals surface area (Å²) in [6.45, 7) is 6.22. The molecule has 142 valence electrons. The summed E-state index contributed by atoms with van der Waals surface area (Å²) >= 11 is 0. The van der Waals surface area contributed by atoms with Crippen molar-refractivity contribution in [2.45, 2.75) is 33.1 Å². The van der Waals surface area contributed by atoms with Gasteiger partial charge in [-0.25, -0.2) is 4.68 Å². The fraction of sp³-hybridized carbons (Fsp3) is 0.250. The summed E-state index contributed by atoms with van der Waals surface area (Å²) in [7, 11) is 0. The van der Waals surface area contributed by atoms with E-state index in [-0.39, 0.29) is 6.17 Å². The second kappa shape index (κ2) is 8.36. The first kappa shape index (κ1) is 18.4. The summed E-state index contributed by atoms with van der Waals surface area (Å²) < 4.78 is 2.09. The molecule has 0 fully saturated rings. The molecule has 4 nitrogen and oxygen atoms in total. The fourth-order valence-corrected chi connectivity index (χ4v) is 3.82. The Morgan fingerprint density at radius 1 is 0.750 bits per heavy atom. The van der Waals surface area contributed by atoms with Crippen LogP contribution in [-0.2, 0) is 13.1 Å². The van der Waals surface area contributed by atoms with Crippen molar-refractivity contribution in [2.24, 2.45) is 5.92 Å². The van der Waals surface area contributed by atoms with Gasteiger partial charge in [-0.05, 0) is 29.2 Å². The van der Waals surface area contributed by atoms with Crippen LogP contribution in [0.1, 0.15) is 31.1 Å². The quantitative estimate of drug-likeness (QED) is 0.443. The number of rotatable bonds is 7. The van der Waals surface area contributed by atoms with Crippen LogP contribution in [0.4, 0.5) is 0 Å². The van der Waals surface area contributed by atoms with Gasteiger partial charge >= 0.3 is 0 Å². The highest BCUT2D eigenvalue weighted by atomic mass is 15.5. The van der Waals surface area contributed by atoms with E-state index in [1.807, 2.05) is 12.1 Å². The van der Waals surface area contributed by atoms with Crippen molar-refractivity contribution < 1.29 is 0 Å². The van der Waals surface area contributed by atoms with Crippen LogP contribution < -0.4 is 0 Å². The smallest absolute Gasteiger partial charge is 0.113 e. The van der Waals surface area contributed by atoms with Crippen LogP contribution in [0.25, 0.3) is 11.0 Å². The molecule has 4 heteroatoms. The summed E-state index contributed by atoms with van der Waals surface area (Å²) in [6.07, 6.45) is 0.104. The summed E-state index contributed by atoms with van der Waals surface area (Å²) in [5, 5.41) is 8.95. The van der Waals surface area contributed by atoms with Crippen molar-refractivity contribution in [3.63, 3.8) is 0 Å². The summed E-state index contributed by atoms with van der Waals surface area (Å²) in [6, 6.07) is 29.5. The van der Waals surface area contributed by atoms with E-state index in [9.17, 15) is 0 Å². The van der Waals surface area contributed by atoms with Crippen LogP contribution in [0.3, 0.4) is 0 Å². The first-order chi connectivity index (χ1) is 13.7. The molecule has 4 rings (SSSR count). The Bertz CT molecular complexity index is 967. The molecule has 1 unspecified atom stereocenters. The number of para-hydroxylation sites is 1. The minimum Gasteiger partial charge on any atom is -0.273 e.